The first-order chi connectivity index (χ1) is 9.33. The van der Waals surface area contributed by atoms with Gasteiger partial charge in [-0.15, -0.1) is 0 Å². The first kappa shape index (κ1) is 15.3. The minimum absolute atomic E-state index is 0.590. The molecule has 0 radical (unpaired) electrons. The van der Waals surface area contributed by atoms with E-state index in [2.05, 4.69) is 0 Å². The third-order valence-corrected chi connectivity index (χ3v) is 6.51. The highest BCUT2D eigenvalue weighted by atomic mass is 32.2. The molecule has 1 atom stereocenters. The molecule has 0 aliphatic carbocycles. The molecule has 0 saturated carbocycles. The maximum atomic E-state index is 12.7. The Labute approximate surface area is 118 Å². The van der Waals surface area contributed by atoms with E-state index < -0.39 is 23.4 Å². The molecule has 1 aliphatic rings. The van der Waals surface area contributed by atoms with E-state index >= 15 is 0 Å². The number of hydrogen-bond donors (Lipinski definition) is 0. The summed E-state index contributed by atoms with van der Waals surface area (Å²) in [6.07, 6.45) is 4.09. The largest absolute Gasteiger partial charge is 0.358 e. The van der Waals surface area contributed by atoms with Crippen LogP contribution in [0.25, 0.3) is 6.08 Å². The number of hydrogen-bond acceptors (Lipinski definition) is 5. The van der Waals surface area contributed by atoms with Crippen molar-refractivity contribution in [3.05, 3.63) is 41.6 Å². The molecule has 1 aliphatic heterocycles. The van der Waals surface area contributed by atoms with Gasteiger partial charge in [-0.1, -0.05) is 24.3 Å². The van der Waals surface area contributed by atoms with Crippen LogP contribution in [0.3, 0.4) is 0 Å². The van der Waals surface area contributed by atoms with E-state index in [1.54, 1.807) is 18.2 Å². The summed E-state index contributed by atoms with van der Waals surface area (Å²) in [5.41, 5.74) is 1.37. The lowest BCUT2D eigenvalue weighted by atomic mass is 10.1. The number of fused-ring (bicyclic) bond motifs is 1. The average molecular weight is 317 g/mol. The first-order valence-corrected chi connectivity index (χ1v) is 9.26. The van der Waals surface area contributed by atoms with Crippen molar-refractivity contribution >= 4 is 23.7 Å². The van der Waals surface area contributed by atoms with Crippen molar-refractivity contribution < 1.29 is 22.0 Å². The predicted molar refractivity (Wildman–Crippen MR) is 76.5 cm³/mol. The molecule has 0 saturated heterocycles. The van der Waals surface area contributed by atoms with Crippen LogP contribution in [0.5, 0.6) is 0 Å². The Balaban J connectivity index is 2.68. The van der Waals surface area contributed by atoms with Gasteiger partial charge in [-0.2, -0.15) is 0 Å². The predicted octanol–water partition coefficient (Wildman–Crippen LogP) is 2.42. The molecule has 110 valence electrons. The minimum Gasteiger partial charge on any atom is -0.310 e. The van der Waals surface area contributed by atoms with E-state index in [0.29, 0.717) is 5.56 Å². The summed E-state index contributed by atoms with van der Waals surface area (Å²) >= 11 is 0. The molecule has 6 nitrogen and oxygen atoms in total. The summed E-state index contributed by atoms with van der Waals surface area (Å²) in [4.78, 5) is 0. The van der Waals surface area contributed by atoms with Crippen LogP contribution < -0.4 is 0 Å². The highest BCUT2D eigenvalue weighted by Crippen LogP contribution is 2.63. The van der Waals surface area contributed by atoms with E-state index in [4.69, 9.17) is 9.05 Å². The molecule has 1 aromatic rings. The van der Waals surface area contributed by atoms with Gasteiger partial charge < -0.3 is 9.05 Å². The van der Waals surface area contributed by atoms with Crippen LogP contribution in [0.4, 0.5) is 0 Å². The Kier molecular flexibility index (Phi) is 4.07. The third-order valence-electron chi connectivity index (χ3n) is 3.11. The maximum absolute atomic E-state index is 12.7. The van der Waals surface area contributed by atoms with E-state index in [0.717, 1.165) is 16.1 Å². The zero-order chi connectivity index (χ0) is 15.0. The maximum Gasteiger partial charge on any atom is 0.358 e. The highest BCUT2D eigenvalue weighted by molar-refractivity contribution is 7.88. The molecule has 0 aromatic heterocycles. The molecule has 0 bridgehead atoms. The topological polar surface area (TPSA) is 72.9 Å². The molecule has 1 aromatic carbocycles. The third kappa shape index (κ3) is 2.54. The summed E-state index contributed by atoms with van der Waals surface area (Å²) in [7, 11) is -4.77. The van der Waals surface area contributed by atoms with Crippen LogP contribution in [0.15, 0.2) is 30.5 Å². The van der Waals surface area contributed by atoms with Crippen LogP contribution in [-0.4, -0.2) is 33.2 Å². The van der Waals surface area contributed by atoms with Crippen molar-refractivity contribution in [2.45, 2.75) is 5.78 Å². The fraction of sp³-hybridized carbons (Fsp3) is 0.333. The summed E-state index contributed by atoms with van der Waals surface area (Å²) < 4.78 is 47.6. The zero-order valence-corrected chi connectivity index (χ0v) is 13.1. The summed E-state index contributed by atoms with van der Waals surface area (Å²) in [6.45, 7) is 0. The van der Waals surface area contributed by atoms with Crippen molar-refractivity contribution in [2.24, 2.45) is 0 Å². The normalized spacial score (nSPS) is 18.9. The van der Waals surface area contributed by atoms with Gasteiger partial charge >= 0.3 is 7.60 Å². The lowest BCUT2D eigenvalue weighted by molar-refractivity contribution is 0.248. The number of nitrogens with zero attached hydrogens (tertiary/aromatic N) is 1. The summed E-state index contributed by atoms with van der Waals surface area (Å²) in [6, 6.07) is 7.10. The number of rotatable bonds is 4. The second kappa shape index (κ2) is 5.33. The quantitative estimate of drug-likeness (QED) is 0.797. The molecule has 1 unspecified atom stereocenters. The van der Waals surface area contributed by atoms with E-state index in [1.165, 1.54) is 20.4 Å². The van der Waals surface area contributed by atoms with Crippen LogP contribution in [0, 0.1) is 0 Å². The Bertz CT molecular complexity index is 677. The summed E-state index contributed by atoms with van der Waals surface area (Å²) in [5.74, 6) is -1.02. The van der Waals surface area contributed by atoms with Crippen molar-refractivity contribution in [2.75, 3.05) is 20.5 Å². The fourth-order valence-corrected chi connectivity index (χ4v) is 5.24. The highest BCUT2D eigenvalue weighted by Gasteiger charge is 2.44. The van der Waals surface area contributed by atoms with Gasteiger partial charge in [-0.05, 0) is 17.2 Å². The molecule has 8 heteroatoms. The Hall–Kier alpha value is -1.14. The van der Waals surface area contributed by atoms with Crippen LogP contribution in [0.1, 0.15) is 16.9 Å². The SMILES string of the molecule is COP(=O)(OC)C1c2ccccc2C=CN1S(C)(=O)=O. The van der Waals surface area contributed by atoms with Crippen LogP contribution >= 0.6 is 7.60 Å². The van der Waals surface area contributed by atoms with Gasteiger partial charge in [0, 0.05) is 20.4 Å². The van der Waals surface area contributed by atoms with Gasteiger partial charge in [-0.3, -0.25) is 8.87 Å². The molecular weight excluding hydrogens is 301 g/mol. The second-order valence-corrected chi connectivity index (χ2v) is 8.50. The second-order valence-electron chi connectivity index (χ2n) is 4.32. The molecule has 0 fully saturated rings. The standard InChI is InChI=1S/C12H16NO5PS/c1-17-19(14,18-2)12-11-7-5-4-6-10(11)8-9-13(12)20(3,15)16/h4-9,12H,1-3H3. The number of sulfonamides is 1. The van der Waals surface area contributed by atoms with Gasteiger partial charge in [-0.25, -0.2) is 8.42 Å². The van der Waals surface area contributed by atoms with Gasteiger partial charge in [0.05, 0.1) is 6.26 Å². The smallest absolute Gasteiger partial charge is 0.310 e. The molecule has 0 amide bonds. The minimum atomic E-state index is -3.65. The van der Waals surface area contributed by atoms with Gasteiger partial charge in [0.2, 0.25) is 10.0 Å². The van der Waals surface area contributed by atoms with E-state index in [-0.39, 0.29) is 0 Å². The molecule has 1 heterocycles. The molecule has 0 spiro atoms. The van der Waals surface area contributed by atoms with Crippen molar-refractivity contribution in [3.8, 4) is 0 Å². The van der Waals surface area contributed by atoms with Crippen molar-refractivity contribution in [1.29, 1.82) is 0 Å². The first-order valence-electron chi connectivity index (χ1n) is 5.80. The zero-order valence-electron chi connectivity index (χ0n) is 11.4. The summed E-state index contributed by atoms with van der Waals surface area (Å²) in [5, 5.41) is 0. The number of benzene rings is 1. The Morgan fingerprint density at radius 3 is 2.35 bits per heavy atom. The van der Waals surface area contributed by atoms with Gasteiger partial charge in [0.25, 0.3) is 0 Å². The van der Waals surface area contributed by atoms with Gasteiger partial charge in [0.15, 0.2) is 5.78 Å². The lowest BCUT2D eigenvalue weighted by Gasteiger charge is -2.35. The Morgan fingerprint density at radius 2 is 1.80 bits per heavy atom. The van der Waals surface area contributed by atoms with Crippen molar-refractivity contribution in [3.63, 3.8) is 0 Å². The fourth-order valence-electron chi connectivity index (χ4n) is 2.15. The van der Waals surface area contributed by atoms with Crippen LogP contribution in [-0.2, 0) is 23.6 Å². The lowest BCUT2D eigenvalue weighted by Crippen LogP contribution is -2.32. The van der Waals surface area contributed by atoms with Gasteiger partial charge in [0.1, 0.15) is 0 Å². The van der Waals surface area contributed by atoms with Crippen LogP contribution in [0.2, 0.25) is 0 Å². The van der Waals surface area contributed by atoms with E-state index in [1.807, 2.05) is 12.1 Å². The van der Waals surface area contributed by atoms with Crippen molar-refractivity contribution in [1.82, 2.24) is 4.31 Å². The molecular formula is C12H16NO5PS. The molecule has 0 N–H and O–H groups in total. The molecule has 2 rings (SSSR count). The average Bonchev–Trinajstić information content (AvgIpc) is 2.44. The Morgan fingerprint density at radius 1 is 1.20 bits per heavy atom. The monoisotopic (exact) mass is 317 g/mol. The van der Waals surface area contributed by atoms with E-state index in [9.17, 15) is 13.0 Å². The molecule has 20 heavy (non-hydrogen) atoms.